The first-order chi connectivity index (χ1) is 9.10. The molecule has 1 aromatic rings. The second-order valence-electron chi connectivity index (χ2n) is 6.77. The van der Waals surface area contributed by atoms with Crippen molar-refractivity contribution in [2.75, 3.05) is 23.7 Å². The molecule has 3 rings (SSSR count). The maximum absolute atomic E-state index is 6.21. The molecule has 2 N–H and O–H groups in total. The average molecular weight is 258 g/mol. The highest BCUT2D eigenvalue weighted by molar-refractivity contribution is 5.71. The largest absolute Gasteiger partial charge is 0.397 e. The van der Waals surface area contributed by atoms with Gasteiger partial charge in [-0.15, -0.1) is 0 Å². The lowest BCUT2D eigenvalue weighted by Crippen LogP contribution is -2.56. The molecule has 1 aliphatic heterocycles. The van der Waals surface area contributed by atoms with Crippen LogP contribution in [0.1, 0.15) is 49.7 Å². The van der Waals surface area contributed by atoms with Crippen molar-refractivity contribution >= 4 is 11.4 Å². The molecule has 2 fully saturated rings. The summed E-state index contributed by atoms with van der Waals surface area (Å²) in [5.41, 5.74) is 11.7. The minimum atomic E-state index is 0.613. The monoisotopic (exact) mass is 258 g/mol. The van der Waals surface area contributed by atoms with E-state index in [1.165, 1.54) is 68.4 Å². The fraction of sp³-hybridized carbons (Fsp3) is 0.647. The highest BCUT2D eigenvalue weighted by Crippen LogP contribution is 2.45. The summed E-state index contributed by atoms with van der Waals surface area (Å²) in [6.45, 7) is 6.76. The molecule has 104 valence electrons. The Labute approximate surface area is 117 Å². The Kier molecular flexibility index (Phi) is 3.20. The lowest BCUT2D eigenvalue weighted by Gasteiger charge is -2.52. The number of nitrogens with two attached hydrogens (primary N) is 1. The van der Waals surface area contributed by atoms with Crippen molar-refractivity contribution < 1.29 is 0 Å². The Morgan fingerprint density at radius 3 is 2.16 bits per heavy atom. The number of benzene rings is 1. The summed E-state index contributed by atoms with van der Waals surface area (Å²) >= 11 is 0. The Morgan fingerprint density at radius 1 is 0.947 bits per heavy atom. The van der Waals surface area contributed by atoms with Gasteiger partial charge in [-0.25, -0.2) is 0 Å². The molecular weight excluding hydrogens is 232 g/mol. The van der Waals surface area contributed by atoms with Crippen molar-refractivity contribution in [2.45, 2.75) is 52.4 Å². The number of nitrogens with zero attached hydrogens (tertiary/aromatic N) is 1. The first-order valence-corrected chi connectivity index (χ1v) is 7.71. The van der Waals surface area contributed by atoms with Gasteiger partial charge in [-0.1, -0.05) is 25.7 Å². The van der Waals surface area contributed by atoms with Gasteiger partial charge in [0.05, 0.1) is 11.4 Å². The summed E-state index contributed by atoms with van der Waals surface area (Å²) in [7, 11) is 0. The van der Waals surface area contributed by atoms with E-state index in [1.54, 1.807) is 0 Å². The topological polar surface area (TPSA) is 29.3 Å². The quantitative estimate of drug-likeness (QED) is 0.770. The zero-order chi connectivity index (χ0) is 13.5. The van der Waals surface area contributed by atoms with Gasteiger partial charge < -0.3 is 10.6 Å². The number of anilines is 2. The number of hydrogen-bond donors (Lipinski definition) is 1. The lowest BCUT2D eigenvalue weighted by molar-refractivity contribution is 0.181. The van der Waals surface area contributed by atoms with Crippen molar-refractivity contribution in [3.8, 4) is 0 Å². The van der Waals surface area contributed by atoms with E-state index in [0.29, 0.717) is 5.41 Å². The van der Waals surface area contributed by atoms with Crippen molar-refractivity contribution in [1.82, 2.24) is 0 Å². The van der Waals surface area contributed by atoms with Gasteiger partial charge in [0.2, 0.25) is 0 Å². The van der Waals surface area contributed by atoms with E-state index < -0.39 is 0 Å². The van der Waals surface area contributed by atoms with Crippen LogP contribution < -0.4 is 10.6 Å². The molecule has 1 saturated heterocycles. The summed E-state index contributed by atoms with van der Waals surface area (Å²) < 4.78 is 0. The van der Waals surface area contributed by atoms with Gasteiger partial charge in [0, 0.05) is 18.5 Å². The van der Waals surface area contributed by atoms with Crippen molar-refractivity contribution in [3.05, 3.63) is 23.3 Å². The van der Waals surface area contributed by atoms with E-state index in [-0.39, 0.29) is 0 Å². The molecular formula is C17H26N2. The number of aryl methyl sites for hydroxylation is 2. The maximum atomic E-state index is 6.21. The Bertz CT molecular complexity index is 462. The SMILES string of the molecule is Cc1cc(N)c(N2CC3(CCCCCC3)C2)cc1C. The highest BCUT2D eigenvalue weighted by Gasteiger charge is 2.43. The lowest BCUT2D eigenvalue weighted by atomic mass is 9.73. The predicted molar refractivity (Wildman–Crippen MR) is 82.7 cm³/mol. The third-order valence-corrected chi connectivity index (χ3v) is 5.20. The summed E-state index contributed by atoms with van der Waals surface area (Å²) in [5, 5.41) is 0. The van der Waals surface area contributed by atoms with Gasteiger partial charge in [-0.05, 0) is 49.9 Å². The third-order valence-electron chi connectivity index (χ3n) is 5.20. The van der Waals surface area contributed by atoms with E-state index in [2.05, 4.69) is 30.9 Å². The molecule has 0 amide bonds. The Balaban J connectivity index is 1.74. The summed E-state index contributed by atoms with van der Waals surface area (Å²) in [4.78, 5) is 2.49. The number of rotatable bonds is 1. The van der Waals surface area contributed by atoms with Crippen LogP contribution in [0.2, 0.25) is 0 Å². The van der Waals surface area contributed by atoms with Gasteiger partial charge in [0.1, 0.15) is 0 Å². The molecule has 1 saturated carbocycles. The molecule has 1 heterocycles. The van der Waals surface area contributed by atoms with Crippen LogP contribution in [0.25, 0.3) is 0 Å². The Hall–Kier alpha value is -1.18. The second kappa shape index (κ2) is 4.73. The fourth-order valence-electron chi connectivity index (χ4n) is 3.83. The minimum Gasteiger partial charge on any atom is -0.397 e. The molecule has 2 nitrogen and oxygen atoms in total. The van der Waals surface area contributed by atoms with Crippen LogP contribution in [0, 0.1) is 19.3 Å². The molecule has 1 spiro atoms. The molecule has 1 aromatic carbocycles. The molecule has 1 aliphatic carbocycles. The molecule has 19 heavy (non-hydrogen) atoms. The number of nitrogen functional groups attached to an aromatic ring is 1. The van der Waals surface area contributed by atoms with Crippen LogP contribution in [0.4, 0.5) is 11.4 Å². The predicted octanol–water partition coefficient (Wildman–Crippen LogP) is 4.05. The molecule has 0 unspecified atom stereocenters. The first kappa shape index (κ1) is 12.8. The zero-order valence-electron chi connectivity index (χ0n) is 12.3. The summed E-state index contributed by atoms with van der Waals surface area (Å²) in [6, 6.07) is 4.40. The van der Waals surface area contributed by atoms with Crippen LogP contribution in [0.15, 0.2) is 12.1 Å². The smallest absolute Gasteiger partial charge is 0.0603 e. The van der Waals surface area contributed by atoms with E-state index in [0.717, 1.165) is 5.69 Å². The van der Waals surface area contributed by atoms with Gasteiger partial charge in [0.15, 0.2) is 0 Å². The molecule has 0 bridgehead atoms. The average Bonchev–Trinajstić information content (AvgIpc) is 2.58. The maximum Gasteiger partial charge on any atom is 0.0603 e. The standard InChI is InChI=1S/C17H26N2/c1-13-9-15(18)16(10-14(13)2)19-11-17(12-19)7-5-3-4-6-8-17/h9-10H,3-8,11-12,18H2,1-2H3. The van der Waals surface area contributed by atoms with E-state index in [9.17, 15) is 0 Å². The third kappa shape index (κ3) is 2.33. The summed E-state index contributed by atoms with van der Waals surface area (Å²) in [6.07, 6.45) is 8.58. The Morgan fingerprint density at radius 2 is 1.53 bits per heavy atom. The van der Waals surface area contributed by atoms with Crippen LogP contribution in [-0.2, 0) is 0 Å². The molecule has 2 heteroatoms. The van der Waals surface area contributed by atoms with Crippen LogP contribution >= 0.6 is 0 Å². The molecule has 0 radical (unpaired) electrons. The second-order valence-corrected chi connectivity index (χ2v) is 6.77. The van der Waals surface area contributed by atoms with Crippen LogP contribution in [0.5, 0.6) is 0 Å². The molecule has 0 aromatic heterocycles. The van der Waals surface area contributed by atoms with Gasteiger partial charge >= 0.3 is 0 Å². The number of hydrogen-bond acceptors (Lipinski definition) is 2. The van der Waals surface area contributed by atoms with Gasteiger partial charge in [-0.2, -0.15) is 0 Å². The molecule has 0 atom stereocenters. The van der Waals surface area contributed by atoms with Gasteiger partial charge in [0.25, 0.3) is 0 Å². The summed E-state index contributed by atoms with van der Waals surface area (Å²) in [5.74, 6) is 0. The zero-order valence-corrected chi connectivity index (χ0v) is 12.3. The van der Waals surface area contributed by atoms with Gasteiger partial charge in [-0.3, -0.25) is 0 Å². The first-order valence-electron chi connectivity index (χ1n) is 7.71. The normalized spacial score (nSPS) is 22.1. The van der Waals surface area contributed by atoms with Crippen molar-refractivity contribution in [1.29, 1.82) is 0 Å². The minimum absolute atomic E-state index is 0.613. The van der Waals surface area contributed by atoms with E-state index in [4.69, 9.17) is 5.73 Å². The van der Waals surface area contributed by atoms with Crippen LogP contribution in [0.3, 0.4) is 0 Å². The highest BCUT2D eigenvalue weighted by atomic mass is 15.2. The van der Waals surface area contributed by atoms with Crippen LogP contribution in [-0.4, -0.2) is 13.1 Å². The van der Waals surface area contributed by atoms with E-state index >= 15 is 0 Å². The van der Waals surface area contributed by atoms with E-state index in [1.807, 2.05) is 0 Å². The van der Waals surface area contributed by atoms with Crippen molar-refractivity contribution in [3.63, 3.8) is 0 Å². The fourth-order valence-corrected chi connectivity index (χ4v) is 3.83. The van der Waals surface area contributed by atoms with Crippen molar-refractivity contribution in [2.24, 2.45) is 5.41 Å². The molecule has 2 aliphatic rings.